The van der Waals surface area contributed by atoms with Crippen LogP contribution in [0.25, 0.3) is 10.9 Å². The van der Waals surface area contributed by atoms with E-state index in [1.165, 1.54) is 12.0 Å². The standard InChI is InChI=1S/C25H36N4O2/c1-17(2)20-8-9-23-22(15-20)18(3)26-25(27-23)29-12-10-19(11-13-29)24(30)28(4)16-21-7-5-6-14-31-21/h8-9,15,17,19,21H,5-7,10-14,16H2,1-4H3/t21-/m0/s1. The molecule has 4 rings (SSSR count). The maximum atomic E-state index is 13.0. The fraction of sp³-hybridized carbons (Fsp3) is 0.640. The summed E-state index contributed by atoms with van der Waals surface area (Å²) in [5.74, 6) is 1.62. The molecule has 2 saturated heterocycles. The molecule has 2 fully saturated rings. The van der Waals surface area contributed by atoms with Crippen LogP contribution in [0.3, 0.4) is 0 Å². The molecule has 1 amide bonds. The first-order valence-electron chi connectivity index (χ1n) is 11.8. The van der Waals surface area contributed by atoms with Crippen molar-refractivity contribution in [2.45, 2.75) is 64.9 Å². The van der Waals surface area contributed by atoms with Crippen molar-refractivity contribution in [3.63, 3.8) is 0 Å². The Kier molecular flexibility index (Phi) is 6.75. The number of piperidine rings is 1. The summed E-state index contributed by atoms with van der Waals surface area (Å²) >= 11 is 0. The van der Waals surface area contributed by atoms with Crippen molar-refractivity contribution < 1.29 is 9.53 Å². The molecule has 6 heteroatoms. The number of aromatic nitrogens is 2. The zero-order valence-electron chi connectivity index (χ0n) is 19.4. The quantitative estimate of drug-likeness (QED) is 0.716. The summed E-state index contributed by atoms with van der Waals surface area (Å²) in [4.78, 5) is 26.7. The minimum atomic E-state index is 0.0833. The molecule has 0 unspecified atom stereocenters. The number of rotatable bonds is 5. The van der Waals surface area contributed by atoms with Crippen LogP contribution in [0, 0.1) is 12.8 Å². The molecule has 6 nitrogen and oxygen atoms in total. The average Bonchev–Trinajstić information content (AvgIpc) is 2.79. The first-order chi connectivity index (χ1) is 14.9. The van der Waals surface area contributed by atoms with E-state index in [2.05, 4.69) is 43.9 Å². The number of carbonyl (C=O) groups is 1. The molecule has 0 bridgehead atoms. The lowest BCUT2D eigenvalue weighted by atomic mass is 9.95. The number of aryl methyl sites for hydroxylation is 1. The highest BCUT2D eigenvalue weighted by Crippen LogP contribution is 2.27. The zero-order chi connectivity index (χ0) is 22.0. The summed E-state index contributed by atoms with van der Waals surface area (Å²) in [6.45, 7) is 9.65. The van der Waals surface area contributed by atoms with Crippen molar-refractivity contribution >= 4 is 22.8 Å². The Hall–Kier alpha value is -2.21. The number of anilines is 1. The largest absolute Gasteiger partial charge is 0.376 e. The van der Waals surface area contributed by atoms with Gasteiger partial charge in [0.25, 0.3) is 0 Å². The SMILES string of the molecule is Cc1nc(N2CCC(C(=O)N(C)C[C@@H]3CCCCO3)CC2)nc2ccc(C(C)C)cc12. The van der Waals surface area contributed by atoms with Crippen molar-refractivity contribution in [1.82, 2.24) is 14.9 Å². The van der Waals surface area contributed by atoms with Gasteiger partial charge in [-0.2, -0.15) is 0 Å². The molecule has 3 heterocycles. The topological polar surface area (TPSA) is 58.6 Å². The molecular formula is C25H36N4O2. The van der Waals surface area contributed by atoms with Gasteiger partial charge in [0.15, 0.2) is 0 Å². The van der Waals surface area contributed by atoms with Crippen LogP contribution in [0.4, 0.5) is 5.95 Å². The van der Waals surface area contributed by atoms with E-state index >= 15 is 0 Å². The highest BCUT2D eigenvalue weighted by Gasteiger charge is 2.29. The van der Waals surface area contributed by atoms with E-state index in [0.29, 0.717) is 12.5 Å². The Morgan fingerprint density at radius 3 is 2.65 bits per heavy atom. The first kappa shape index (κ1) is 22.0. The lowest BCUT2D eigenvalue weighted by Gasteiger charge is -2.34. The lowest BCUT2D eigenvalue weighted by Crippen LogP contribution is -2.44. The van der Waals surface area contributed by atoms with Crippen LogP contribution in [0.2, 0.25) is 0 Å². The van der Waals surface area contributed by atoms with Crippen molar-refractivity contribution in [2.24, 2.45) is 5.92 Å². The molecule has 2 aliphatic heterocycles. The third-order valence-electron chi connectivity index (χ3n) is 6.82. The molecule has 2 aliphatic rings. The number of fused-ring (bicyclic) bond motifs is 1. The predicted octanol–water partition coefficient (Wildman–Crippen LogP) is 4.31. The summed E-state index contributed by atoms with van der Waals surface area (Å²) < 4.78 is 5.81. The highest BCUT2D eigenvalue weighted by molar-refractivity contribution is 5.83. The highest BCUT2D eigenvalue weighted by atomic mass is 16.5. The van der Waals surface area contributed by atoms with Gasteiger partial charge in [-0.05, 0) is 62.6 Å². The number of carbonyl (C=O) groups excluding carboxylic acids is 1. The number of benzene rings is 1. The normalized spacial score (nSPS) is 20.4. The fourth-order valence-electron chi connectivity index (χ4n) is 4.77. The first-order valence-corrected chi connectivity index (χ1v) is 11.8. The number of ether oxygens (including phenoxy) is 1. The lowest BCUT2D eigenvalue weighted by molar-refractivity contribution is -0.137. The van der Waals surface area contributed by atoms with Crippen molar-refractivity contribution in [1.29, 1.82) is 0 Å². The molecule has 1 aromatic heterocycles. The number of amides is 1. The van der Waals surface area contributed by atoms with E-state index in [-0.39, 0.29) is 17.9 Å². The van der Waals surface area contributed by atoms with E-state index in [1.54, 1.807) is 0 Å². The second-order valence-electron chi connectivity index (χ2n) is 9.51. The second-order valence-corrected chi connectivity index (χ2v) is 9.51. The Bertz CT molecular complexity index is 915. The van der Waals surface area contributed by atoms with E-state index in [0.717, 1.165) is 67.9 Å². The zero-order valence-corrected chi connectivity index (χ0v) is 19.4. The van der Waals surface area contributed by atoms with Crippen LogP contribution >= 0.6 is 0 Å². The Balaban J connectivity index is 1.38. The number of nitrogens with zero attached hydrogens (tertiary/aromatic N) is 4. The minimum absolute atomic E-state index is 0.0833. The summed E-state index contributed by atoms with van der Waals surface area (Å²) in [7, 11) is 1.92. The molecule has 1 aromatic carbocycles. The molecule has 0 aliphatic carbocycles. The number of hydrogen-bond acceptors (Lipinski definition) is 5. The van der Waals surface area contributed by atoms with Crippen molar-refractivity contribution in [3.05, 3.63) is 29.5 Å². The fourth-order valence-corrected chi connectivity index (χ4v) is 4.77. The van der Waals surface area contributed by atoms with Crippen LogP contribution in [0.1, 0.15) is 63.1 Å². The summed E-state index contributed by atoms with van der Waals surface area (Å²) in [5.41, 5.74) is 3.33. The predicted molar refractivity (Wildman–Crippen MR) is 125 cm³/mol. The smallest absolute Gasteiger partial charge is 0.226 e. The monoisotopic (exact) mass is 424 g/mol. The molecule has 0 spiro atoms. The van der Waals surface area contributed by atoms with E-state index < -0.39 is 0 Å². The van der Waals surface area contributed by atoms with Gasteiger partial charge >= 0.3 is 0 Å². The summed E-state index contributed by atoms with van der Waals surface area (Å²) in [6.07, 6.45) is 5.31. The maximum Gasteiger partial charge on any atom is 0.226 e. The Morgan fingerprint density at radius 2 is 1.97 bits per heavy atom. The average molecular weight is 425 g/mol. The van der Waals surface area contributed by atoms with Crippen molar-refractivity contribution in [3.8, 4) is 0 Å². The third-order valence-corrected chi connectivity index (χ3v) is 6.82. The molecule has 0 N–H and O–H groups in total. The van der Waals surface area contributed by atoms with E-state index in [1.807, 2.05) is 11.9 Å². The van der Waals surface area contributed by atoms with Crippen LogP contribution in [0.15, 0.2) is 18.2 Å². The number of likely N-dealkylation sites (N-methyl/N-ethyl adjacent to an activating group) is 1. The van der Waals surface area contributed by atoms with Gasteiger partial charge in [0.05, 0.1) is 17.3 Å². The second kappa shape index (κ2) is 9.51. The van der Waals surface area contributed by atoms with Crippen molar-refractivity contribution in [2.75, 3.05) is 38.2 Å². The number of hydrogen-bond donors (Lipinski definition) is 0. The Morgan fingerprint density at radius 1 is 1.19 bits per heavy atom. The van der Waals surface area contributed by atoms with Crippen LogP contribution in [-0.4, -0.2) is 60.2 Å². The van der Waals surface area contributed by atoms with Gasteiger partial charge in [-0.15, -0.1) is 0 Å². The molecule has 168 valence electrons. The van der Waals surface area contributed by atoms with Gasteiger partial charge in [0.2, 0.25) is 11.9 Å². The summed E-state index contributed by atoms with van der Waals surface area (Å²) in [6, 6.07) is 6.50. The van der Waals surface area contributed by atoms with E-state index in [9.17, 15) is 4.79 Å². The van der Waals surface area contributed by atoms with E-state index in [4.69, 9.17) is 14.7 Å². The minimum Gasteiger partial charge on any atom is -0.376 e. The third kappa shape index (κ3) is 5.00. The van der Waals surface area contributed by atoms with Gasteiger partial charge in [-0.25, -0.2) is 9.97 Å². The summed E-state index contributed by atoms with van der Waals surface area (Å²) in [5, 5.41) is 1.13. The maximum absolute atomic E-state index is 13.0. The van der Waals surface area contributed by atoms with Gasteiger partial charge in [0, 0.05) is 44.6 Å². The molecule has 2 aromatic rings. The Labute approximate surface area is 186 Å². The molecule has 0 radical (unpaired) electrons. The molecular weight excluding hydrogens is 388 g/mol. The van der Waals surface area contributed by atoms with Crippen LogP contribution < -0.4 is 4.90 Å². The van der Waals surface area contributed by atoms with Gasteiger partial charge in [-0.3, -0.25) is 4.79 Å². The molecule has 31 heavy (non-hydrogen) atoms. The van der Waals surface area contributed by atoms with Gasteiger partial charge in [-0.1, -0.05) is 19.9 Å². The molecule has 0 saturated carbocycles. The van der Waals surface area contributed by atoms with Crippen LogP contribution in [0.5, 0.6) is 0 Å². The van der Waals surface area contributed by atoms with Gasteiger partial charge in [0.1, 0.15) is 0 Å². The van der Waals surface area contributed by atoms with Gasteiger partial charge < -0.3 is 14.5 Å². The van der Waals surface area contributed by atoms with Crippen LogP contribution in [-0.2, 0) is 9.53 Å². The molecule has 1 atom stereocenters.